The molecule has 7 heteroatoms. The summed E-state index contributed by atoms with van der Waals surface area (Å²) in [5.74, 6) is 3.17. The predicted octanol–water partition coefficient (Wildman–Crippen LogP) is 3.57. The van der Waals surface area contributed by atoms with Crippen LogP contribution in [0.1, 0.15) is 58.3 Å². The van der Waals surface area contributed by atoms with Crippen LogP contribution in [0.3, 0.4) is 0 Å². The second-order valence-electron chi connectivity index (χ2n) is 10.3. The van der Waals surface area contributed by atoms with E-state index in [-0.39, 0.29) is 17.4 Å². The molecule has 5 fully saturated rings. The van der Waals surface area contributed by atoms with Crippen LogP contribution in [-0.2, 0) is 14.8 Å². The van der Waals surface area contributed by atoms with Gasteiger partial charge in [0.05, 0.1) is 11.5 Å². The van der Waals surface area contributed by atoms with Crippen molar-refractivity contribution in [3.05, 3.63) is 24.3 Å². The lowest BCUT2D eigenvalue weighted by Crippen LogP contribution is -2.56. The normalized spacial score (nSPS) is 33.4. The van der Waals surface area contributed by atoms with Crippen LogP contribution in [0.25, 0.3) is 0 Å². The Hall–Kier alpha value is -1.60. The molecule has 6 nitrogen and oxygen atoms in total. The third-order valence-corrected chi connectivity index (χ3v) is 9.99. The monoisotopic (exact) mass is 446 g/mol. The summed E-state index contributed by atoms with van der Waals surface area (Å²) in [5.41, 5.74) is -0.139. The average molecular weight is 447 g/mol. The van der Waals surface area contributed by atoms with Gasteiger partial charge in [-0.1, -0.05) is 0 Å². The largest absolute Gasteiger partial charge is 0.494 e. The number of rotatable bonds is 6. The minimum absolute atomic E-state index is 0.0762. The predicted molar refractivity (Wildman–Crippen MR) is 118 cm³/mol. The third kappa shape index (κ3) is 3.99. The number of benzene rings is 1. The van der Waals surface area contributed by atoms with Gasteiger partial charge in [0.2, 0.25) is 15.9 Å². The van der Waals surface area contributed by atoms with E-state index in [9.17, 15) is 13.2 Å². The van der Waals surface area contributed by atoms with Crippen LogP contribution in [0.2, 0.25) is 0 Å². The zero-order valence-electron chi connectivity index (χ0n) is 18.4. The van der Waals surface area contributed by atoms with Crippen LogP contribution in [0.5, 0.6) is 5.75 Å². The minimum atomic E-state index is -3.52. The number of hydrogen-bond acceptors (Lipinski definition) is 4. The van der Waals surface area contributed by atoms with Crippen LogP contribution in [0.4, 0.5) is 0 Å². The lowest BCUT2D eigenvalue weighted by molar-refractivity contribution is -0.147. The molecule has 4 aliphatic carbocycles. The number of carbonyl (C=O) groups is 1. The van der Waals surface area contributed by atoms with Gasteiger partial charge in [-0.15, -0.1) is 0 Å². The first kappa shape index (κ1) is 21.3. The van der Waals surface area contributed by atoms with Crippen molar-refractivity contribution in [2.75, 3.05) is 19.7 Å². The summed E-state index contributed by atoms with van der Waals surface area (Å²) in [6.07, 6.45) is 8.53. The van der Waals surface area contributed by atoms with E-state index in [1.54, 1.807) is 28.6 Å². The molecule has 1 heterocycles. The second kappa shape index (κ2) is 8.07. The Morgan fingerprint density at radius 3 is 2.10 bits per heavy atom. The third-order valence-electron chi connectivity index (χ3n) is 8.08. The van der Waals surface area contributed by atoms with Gasteiger partial charge in [-0.2, -0.15) is 4.31 Å². The van der Waals surface area contributed by atoms with Crippen molar-refractivity contribution in [1.82, 2.24) is 9.62 Å². The van der Waals surface area contributed by atoms with E-state index in [4.69, 9.17) is 4.74 Å². The van der Waals surface area contributed by atoms with Gasteiger partial charge in [0.1, 0.15) is 5.75 Å². The number of nitrogens with zero attached hydrogens (tertiary/aromatic N) is 1. The topological polar surface area (TPSA) is 75.7 Å². The van der Waals surface area contributed by atoms with Crippen LogP contribution >= 0.6 is 0 Å². The van der Waals surface area contributed by atoms with Crippen molar-refractivity contribution in [2.45, 2.75) is 69.2 Å². The Balaban J connectivity index is 1.18. The van der Waals surface area contributed by atoms with E-state index in [1.807, 2.05) is 6.92 Å². The summed E-state index contributed by atoms with van der Waals surface area (Å²) in [6.45, 7) is 3.34. The van der Waals surface area contributed by atoms with Gasteiger partial charge in [0.25, 0.3) is 0 Å². The molecule has 1 aromatic carbocycles. The summed E-state index contributed by atoms with van der Waals surface area (Å²) in [5, 5.41) is 3.33. The average Bonchev–Trinajstić information content (AvgIpc) is 2.74. The van der Waals surface area contributed by atoms with Gasteiger partial charge < -0.3 is 10.1 Å². The van der Waals surface area contributed by atoms with Crippen LogP contribution < -0.4 is 10.1 Å². The summed E-state index contributed by atoms with van der Waals surface area (Å²) >= 11 is 0. The Kier molecular flexibility index (Phi) is 5.53. The van der Waals surface area contributed by atoms with Gasteiger partial charge in [-0.3, -0.25) is 4.79 Å². The van der Waals surface area contributed by atoms with E-state index in [0.717, 1.165) is 37.0 Å². The highest BCUT2D eigenvalue weighted by molar-refractivity contribution is 7.89. The smallest absolute Gasteiger partial charge is 0.243 e. The van der Waals surface area contributed by atoms with Gasteiger partial charge in [-0.05, 0) is 100 Å². The van der Waals surface area contributed by atoms with Crippen LogP contribution in [0.15, 0.2) is 29.2 Å². The fourth-order valence-corrected chi connectivity index (χ4v) is 8.46. The highest BCUT2D eigenvalue weighted by Crippen LogP contribution is 2.60. The molecule has 0 spiro atoms. The van der Waals surface area contributed by atoms with Crippen molar-refractivity contribution in [1.29, 1.82) is 0 Å². The molecule has 31 heavy (non-hydrogen) atoms. The van der Waals surface area contributed by atoms with Crippen LogP contribution in [-0.4, -0.2) is 44.4 Å². The number of carbonyl (C=O) groups excluding carboxylic acids is 1. The first-order chi connectivity index (χ1) is 14.9. The molecule has 0 atom stereocenters. The van der Waals surface area contributed by atoms with Crippen molar-refractivity contribution in [3.8, 4) is 5.75 Å². The number of sulfonamides is 1. The number of hydrogen-bond donors (Lipinski definition) is 1. The Bertz CT molecular complexity index is 884. The molecule has 1 saturated heterocycles. The fraction of sp³-hybridized carbons (Fsp3) is 0.708. The number of ether oxygens (including phenoxy) is 1. The Morgan fingerprint density at radius 1 is 1.03 bits per heavy atom. The van der Waals surface area contributed by atoms with Gasteiger partial charge in [0, 0.05) is 24.5 Å². The maximum Gasteiger partial charge on any atom is 0.243 e. The lowest BCUT2D eigenvalue weighted by atomic mass is 9.49. The van der Waals surface area contributed by atoms with E-state index in [1.165, 1.54) is 19.3 Å². The number of piperidine rings is 1. The van der Waals surface area contributed by atoms with Crippen LogP contribution in [0, 0.1) is 23.2 Å². The molecule has 0 unspecified atom stereocenters. The summed E-state index contributed by atoms with van der Waals surface area (Å²) < 4.78 is 33.0. The maximum atomic E-state index is 13.3. The molecular weight excluding hydrogens is 412 g/mol. The van der Waals surface area contributed by atoms with Crippen molar-refractivity contribution in [3.63, 3.8) is 0 Å². The van der Waals surface area contributed by atoms with E-state index in [0.29, 0.717) is 43.2 Å². The van der Waals surface area contributed by atoms with E-state index < -0.39 is 10.0 Å². The quantitative estimate of drug-likeness (QED) is 0.725. The zero-order chi connectivity index (χ0) is 21.6. The number of nitrogens with one attached hydrogen (secondary N) is 1. The molecule has 6 rings (SSSR count). The van der Waals surface area contributed by atoms with Gasteiger partial charge >= 0.3 is 0 Å². The number of amides is 1. The summed E-state index contributed by atoms with van der Waals surface area (Å²) in [7, 11) is -3.52. The highest BCUT2D eigenvalue weighted by Gasteiger charge is 2.54. The highest BCUT2D eigenvalue weighted by atomic mass is 32.2. The fourth-order valence-electron chi connectivity index (χ4n) is 6.99. The molecule has 1 aliphatic heterocycles. The second-order valence-corrected chi connectivity index (χ2v) is 12.2. The molecule has 1 N–H and O–H groups in total. The summed E-state index contributed by atoms with van der Waals surface area (Å²) in [6, 6.07) is 6.71. The lowest BCUT2D eigenvalue weighted by Gasteiger charge is -2.56. The molecule has 5 aliphatic rings. The standard InChI is InChI=1S/C24H34N2O4S/c1-2-30-21-3-5-22(6-4-21)31(28,29)26-9-7-20(8-10-26)25-23(27)24-14-17-11-18(15-24)13-19(12-17)16-24/h3-6,17-20H,2,7-16H2,1H3,(H,25,27). The minimum Gasteiger partial charge on any atom is -0.494 e. The Labute approximate surface area is 185 Å². The van der Waals surface area contributed by atoms with E-state index in [2.05, 4.69) is 5.32 Å². The van der Waals surface area contributed by atoms with Gasteiger partial charge in [-0.25, -0.2) is 8.42 Å². The summed E-state index contributed by atoms with van der Waals surface area (Å²) in [4.78, 5) is 13.6. The molecule has 0 aromatic heterocycles. The molecule has 0 radical (unpaired) electrons. The molecule has 4 bridgehead atoms. The van der Waals surface area contributed by atoms with E-state index >= 15 is 0 Å². The molecule has 4 saturated carbocycles. The molecule has 170 valence electrons. The van der Waals surface area contributed by atoms with Crippen molar-refractivity contribution < 1.29 is 17.9 Å². The molecular formula is C24H34N2O4S. The molecule has 1 aromatic rings. The first-order valence-electron chi connectivity index (χ1n) is 11.9. The zero-order valence-corrected chi connectivity index (χ0v) is 19.2. The van der Waals surface area contributed by atoms with Gasteiger partial charge in [0.15, 0.2) is 0 Å². The first-order valence-corrected chi connectivity index (χ1v) is 13.4. The van der Waals surface area contributed by atoms with Crippen molar-refractivity contribution >= 4 is 15.9 Å². The van der Waals surface area contributed by atoms with Crippen molar-refractivity contribution in [2.24, 2.45) is 23.2 Å². The Morgan fingerprint density at radius 2 is 1.58 bits per heavy atom. The molecule has 1 amide bonds. The maximum absolute atomic E-state index is 13.3. The SMILES string of the molecule is CCOc1ccc(S(=O)(=O)N2CCC(NC(=O)C34CC5CC(CC(C5)C3)C4)CC2)cc1.